The van der Waals surface area contributed by atoms with Crippen molar-refractivity contribution in [1.29, 1.82) is 0 Å². The fourth-order valence-electron chi connectivity index (χ4n) is 4.13. The number of benzene rings is 4. The Morgan fingerprint density at radius 1 is 0.630 bits per heavy atom. The van der Waals surface area contributed by atoms with Crippen LogP contribution in [0.25, 0.3) is 49.4 Å². The summed E-state index contributed by atoms with van der Waals surface area (Å²) in [4.78, 5) is 0. The topological polar surface area (TPSA) is 18.1 Å². The van der Waals surface area contributed by atoms with Crippen molar-refractivity contribution in [3.63, 3.8) is 0 Å². The monoisotopic (exact) mass is 367 g/mol. The molecule has 2 aromatic heterocycles. The maximum absolute atomic E-state index is 6.58. The summed E-state index contributed by atoms with van der Waals surface area (Å²) in [6.45, 7) is 0. The number of aromatic nitrogens is 1. The second kappa shape index (κ2) is 5.38. The number of para-hydroxylation sites is 3. The molecule has 2 nitrogen and oxygen atoms in total. The molecule has 3 heteroatoms. The van der Waals surface area contributed by atoms with Crippen LogP contribution in [0.3, 0.4) is 0 Å². The van der Waals surface area contributed by atoms with Gasteiger partial charge in [-0.1, -0.05) is 66.2 Å². The fraction of sp³-hybridized carbons (Fsp3) is 0. The molecule has 0 fully saturated rings. The van der Waals surface area contributed by atoms with Gasteiger partial charge in [0.05, 0.1) is 21.7 Å². The molecule has 0 amide bonds. The van der Waals surface area contributed by atoms with Crippen LogP contribution in [0.2, 0.25) is 5.02 Å². The highest BCUT2D eigenvalue weighted by atomic mass is 35.5. The summed E-state index contributed by atoms with van der Waals surface area (Å²) in [5.41, 5.74) is 4.98. The van der Waals surface area contributed by atoms with E-state index >= 15 is 0 Å². The first-order chi connectivity index (χ1) is 13.3. The Hall–Kier alpha value is -3.23. The Kier molecular flexibility index (Phi) is 2.97. The van der Waals surface area contributed by atoms with Crippen LogP contribution in [0.1, 0.15) is 0 Å². The smallest absolute Gasteiger partial charge is 0.160 e. The van der Waals surface area contributed by atoms with Gasteiger partial charge in [0, 0.05) is 21.5 Å². The number of nitrogens with zero attached hydrogens (tertiary/aromatic N) is 1. The lowest BCUT2D eigenvalue weighted by Gasteiger charge is -2.09. The molecule has 0 unspecified atom stereocenters. The minimum Gasteiger partial charge on any atom is -0.454 e. The predicted octanol–water partition coefficient (Wildman–Crippen LogP) is 7.34. The Morgan fingerprint density at radius 2 is 1.22 bits per heavy atom. The zero-order chi connectivity index (χ0) is 18.0. The van der Waals surface area contributed by atoms with E-state index in [0.29, 0.717) is 5.02 Å². The Balaban J connectivity index is 1.85. The number of halogens is 1. The third-order valence-electron chi connectivity index (χ3n) is 5.28. The number of hydrogen-bond donors (Lipinski definition) is 0. The molecule has 0 aliphatic rings. The molecule has 27 heavy (non-hydrogen) atoms. The van der Waals surface area contributed by atoms with E-state index in [-0.39, 0.29) is 0 Å². The summed E-state index contributed by atoms with van der Waals surface area (Å²) in [6, 6.07) is 29.0. The lowest BCUT2D eigenvalue weighted by atomic mass is 10.1. The molecule has 0 spiro atoms. The van der Waals surface area contributed by atoms with Crippen LogP contribution >= 0.6 is 11.6 Å². The van der Waals surface area contributed by atoms with Gasteiger partial charge < -0.3 is 8.98 Å². The van der Waals surface area contributed by atoms with Crippen LogP contribution in [0, 0.1) is 0 Å². The second-order valence-corrected chi connectivity index (χ2v) is 7.15. The van der Waals surface area contributed by atoms with Crippen LogP contribution in [-0.2, 0) is 0 Å². The van der Waals surface area contributed by atoms with Gasteiger partial charge in [-0.05, 0) is 30.3 Å². The average Bonchev–Trinajstić information content (AvgIpc) is 3.26. The molecule has 0 saturated carbocycles. The lowest BCUT2D eigenvalue weighted by molar-refractivity contribution is 0.666. The third-order valence-corrected chi connectivity index (χ3v) is 5.59. The number of furan rings is 1. The molecule has 0 aliphatic heterocycles. The molecular weight excluding hydrogens is 354 g/mol. The molecule has 6 rings (SSSR count). The molecule has 6 aromatic rings. The highest BCUT2D eigenvalue weighted by Gasteiger charge is 2.18. The largest absolute Gasteiger partial charge is 0.454 e. The van der Waals surface area contributed by atoms with Crippen molar-refractivity contribution in [3.8, 4) is 5.69 Å². The van der Waals surface area contributed by atoms with E-state index in [0.717, 1.165) is 38.7 Å². The van der Waals surface area contributed by atoms with Gasteiger partial charge in [-0.3, -0.25) is 0 Å². The average molecular weight is 368 g/mol. The van der Waals surface area contributed by atoms with Crippen molar-refractivity contribution >= 4 is 55.3 Å². The van der Waals surface area contributed by atoms with Gasteiger partial charge in [0.15, 0.2) is 5.58 Å². The summed E-state index contributed by atoms with van der Waals surface area (Å²) in [6.07, 6.45) is 0. The van der Waals surface area contributed by atoms with Crippen LogP contribution in [0.4, 0.5) is 0 Å². The fourth-order valence-corrected chi connectivity index (χ4v) is 4.38. The number of fused-ring (bicyclic) bond motifs is 6. The van der Waals surface area contributed by atoms with Crippen LogP contribution in [0.15, 0.2) is 89.3 Å². The number of hydrogen-bond acceptors (Lipinski definition) is 1. The molecule has 0 saturated heterocycles. The lowest BCUT2D eigenvalue weighted by Crippen LogP contribution is -1.94. The van der Waals surface area contributed by atoms with Gasteiger partial charge in [0.2, 0.25) is 0 Å². The van der Waals surface area contributed by atoms with E-state index in [9.17, 15) is 0 Å². The molecule has 0 atom stereocenters. The molecule has 0 radical (unpaired) electrons. The first-order valence-electron chi connectivity index (χ1n) is 8.91. The molecule has 2 heterocycles. The standard InChI is InChI=1S/C24H14ClNO/c25-18-13-14-21(24-23(18)17-9-3-6-12-22(17)27-24)26-19-10-4-1-7-15(19)16-8-2-5-11-20(16)26/h1-14H. The highest BCUT2D eigenvalue weighted by Crippen LogP contribution is 2.40. The first kappa shape index (κ1) is 14.9. The maximum Gasteiger partial charge on any atom is 0.160 e. The van der Waals surface area contributed by atoms with Gasteiger partial charge in [-0.15, -0.1) is 0 Å². The maximum atomic E-state index is 6.58. The van der Waals surface area contributed by atoms with E-state index < -0.39 is 0 Å². The second-order valence-electron chi connectivity index (χ2n) is 6.74. The minimum absolute atomic E-state index is 0.708. The van der Waals surface area contributed by atoms with Crippen LogP contribution in [0.5, 0.6) is 0 Å². The van der Waals surface area contributed by atoms with Crippen molar-refractivity contribution in [2.75, 3.05) is 0 Å². The van der Waals surface area contributed by atoms with Gasteiger partial charge >= 0.3 is 0 Å². The zero-order valence-electron chi connectivity index (χ0n) is 14.3. The third kappa shape index (κ3) is 1.96. The van der Waals surface area contributed by atoms with Crippen molar-refractivity contribution in [1.82, 2.24) is 4.57 Å². The van der Waals surface area contributed by atoms with Crippen molar-refractivity contribution in [2.24, 2.45) is 0 Å². The molecular formula is C24H14ClNO. The summed E-state index contributed by atoms with van der Waals surface area (Å²) >= 11 is 6.58. The van der Waals surface area contributed by atoms with Gasteiger partial charge in [-0.2, -0.15) is 0 Å². The highest BCUT2D eigenvalue weighted by molar-refractivity contribution is 6.38. The summed E-state index contributed by atoms with van der Waals surface area (Å²) in [5, 5.41) is 5.17. The first-order valence-corrected chi connectivity index (χ1v) is 9.29. The summed E-state index contributed by atoms with van der Waals surface area (Å²) in [7, 11) is 0. The van der Waals surface area contributed by atoms with Crippen molar-refractivity contribution in [2.45, 2.75) is 0 Å². The Labute approximate surface area is 160 Å². The Bertz CT molecular complexity index is 1440. The summed E-state index contributed by atoms with van der Waals surface area (Å²) < 4.78 is 8.55. The molecule has 4 aromatic carbocycles. The number of rotatable bonds is 1. The van der Waals surface area contributed by atoms with Gasteiger partial charge in [-0.25, -0.2) is 0 Å². The molecule has 0 N–H and O–H groups in total. The normalized spacial score (nSPS) is 11.9. The molecule has 128 valence electrons. The minimum atomic E-state index is 0.708. The SMILES string of the molecule is Clc1ccc(-n2c3ccccc3c3ccccc32)c2oc3ccccc3c12. The van der Waals surface area contributed by atoms with E-state index in [1.807, 2.05) is 30.3 Å². The van der Waals surface area contributed by atoms with Crippen LogP contribution < -0.4 is 0 Å². The molecule has 0 bridgehead atoms. The predicted molar refractivity (Wildman–Crippen MR) is 113 cm³/mol. The zero-order valence-corrected chi connectivity index (χ0v) is 15.1. The van der Waals surface area contributed by atoms with Gasteiger partial charge in [0.1, 0.15) is 5.58 Å². The van der Waals surface area contributed by atoms with E-state index in [4.69, 9.17) is 16.0 Å². The van der Waals surface area contributed by atoms with Gasteiger partial charge in [0.25, 0.3) is 0 Å². The van der Waals surface area contributed by atoms with E-state index in [2.05, 4.69) is 59.2 Å². The van der Waals surface area contributed by atoms with Crippen LogP contribution in [-0.4, -0.2) is 4.57 Å². The van der Waals surface area contributed by atoms with Crippen molar-refractivity contribution in [3.05, 3.63) is 90.0 Å². The van der Waals surface area contributed by atoms with E-state index in [1.165, 1.54) is 10.8 Å². The Morgan fingerprint density at radius 3 is 1.93 bits per heavy atom. The molecule has 0 aliphatic carbocycles. The van der Waals surface area contributed by atoms with Crippen molar-refractivity contribution < 1.29 is 4.42 Å². The summed E-state index contributed by atoms with van der Waals surface area (Å²) in [5.74, 6) is 0. The van der Waals surface area contributed by atoms with E-state index in [1.54, 1.807) is 0 Å². The quantitative estimate of drug-likeness (QED) is 0.297.